The predicted octanol–water partition coefficient (Wildman–Crippen LogP) is 6.40. The fourth-order valence-electron chi connectivity index (χ4n) is 2.65. The molecular formula is C23H22Cl2N2O2. The van der Waals surface area contributed by atoms with Gasteiger partial charge in [-0.05, 0) is 73.5 Å². The molecule has 3 aromatic carbocycles. The molecule has 1 amide bonds. The molecule has 29 heavy (non-hydrogen) atoms. The van der Waals surface area contributed by atoms with Crippen molar-refractivity contribution in [3.63, 3.8) is 0 Å². The van der Waals surface area contributed by atoms with Crippen LogP contribution < -0.4 is 10.6 Å². The van der Waals surface area contributed by atoms with Crippen LogP contribution in [0.1, 0.15) is 31.8 Å². The summed E-state index contributed by atoms with van der Waals surface area (Å²) < 4.78 is 0. The molecule has 2 N–H and O–H groups in total. The van der Waals surface area contributed by atoms with Crippen LogP contribution in [-0.4, -0.2) is 19.2 Å². The Hall–Kier alpha value is -2.82. The minimum atomic E-state index is -0.273. The van der Waals surface area contributed by atoms with E-state index in [2.05, 4.69) is 10.6 Å². The van der Waals surface area contributed by atoms with Crippen molar-refractivity contribution in [2.24, 2.45) is 0 Å². The van der Waals surface area contributed by atoms with Crippen LogP contribution in [0.4, 0.5) is 11.4 Å². The summed E-state index contributed by atoms with van der Waals surface area (Å²) in [6, 6.07) is 17.7. The first-order valence-corrected chi connectivity index (χ1v) is 9.65. The van der Waals surface area contributed by atoms with Crippen LogP contribution in [0, 0.1) is 13.8 Å². The first kappa shape index (κ1) is 22.5. The highest BCUT2D eigenvalue weighted by atomic mass is 35.5. The minimum absolute atomic E-state index is 0.273. The number of carbonyl (C=O) groups excluding carboxylic acids is 2. The van der Waals surface area contributed by atoms with Gasteiger partial charge in [-0.15, -0.1) is 0 Å². The summed E-state index contributed by atoms with van der Waals surface area (Å²) in [5.74, 6) is -0.273. The van der Waals surface area contributed by atoms with Crippen LogP contribution in [0.3, 0.4) is 0 Å². The average Bonchev–Trinajstić information content (AvgIpc) is 2.67. The second kappa shape index (κ2) is 10.6. The molecule has 0 aromatic heterocycles. The fourth-order valence-corrected chi connectivity index (χ4v) is 3.22. The van der Waals surface area contributed by atoms with E-state index in [1.54, 1.807) is 30.3 Å². The van der Waals surface area contributed by atoms with Gasteiger partial charge in [0.2, 0.25) is 0 Å². The second-order valence-electron chi connectivity index (χ2n) is 6.48. The lowest BCUT2D eigenvalue weighted by atomic mass is 10.1. The van der Waals surface area contributed by atoms with E-state index in [0.29, 0.717) is 28.1 Å². The van der Waals surface area contributed by atoms with Gasteiger partial charge in [-0.3, -0.25) is 9.59 Å². The largest absolute Gasteiger partial charge is 0.388 e. The van der Waals surface area contributed by atoms with Crippen molar-refractivity contribution in [1.82, 2.24) is 0 Å². The van der Waals surface area contributed by atoms with Crippen LogP contribution >= 0.6 is 23.2 Å². The lowest BCUT2D eigenvalue weighted by molar-refractivity contribution is 0.102. The average molecular weight is 429 g/mol. The number of benzene rings is 3. The van der Waals surface area contributed by atoms with Gasteiger partial charge in [0.05, 0.1) is 0 Å². The molecule has 4 nitrogen and oxygen atoms in total. The van der Waals surface area contributed by atoms with E-state index in [1.807, 2.05) is 51.2 Å². The minimum Gasteiger partial charge on any atom is -0.388 e. The number of halogens is 2. The number of rotatable bonds is 4. The van der Waals surface area contributed by atoms with Gasteiger partial charge in [0.1, 0.15) is 6.29 Å². The molecule has 0 bridgehead atoms. The quantitative estimate of drug-likeness (QED) is 0.472. The summed E-state index contributed by atoms with van der Waals surface area (Å²) in [7, 11) is 1.88. The van der Waals surface area contributed by atoms with Gasteiger partial charge in [-0.25, -0.2) is 0 Å². The maximum atomic E-state index is 12.0. The molecule has 0 heterocycles. The maximum Gasteiger partial charge on any atom is 0.255 e. The lowest BCUT2D eigenvalue weighted by Crippen LogP contribution is -2.12. The van der Waals surface area contributed by atoms with E-state index in [9.17, 15) is 9.59 Å². The topological polar surface area (TPSA) is 58.2 Å². The van der Waals surface area contributed by atoms with Gasteiger partial charge in [0.15, 0.2) is 0 Å². The van der Waals surface area contributed by atoms with Gasteiger partial charge in [-0.2, -0.15) is 0 Å². The summed E-state index contributed by atoms with van der Waals surface area (Å²) in [5.41, 5.74) is 4.73. The Balaban J connectivity index is 0.000000253. The van der Waals surface area contributed by atoms with Crippen molar-refractivity contribution in [2.45, 2.75) is 13.8 Å². The van der Waals surface area contributed by atoms with Crippen LogP contribution in [-0.2, 0) is 0 Å². The van der Waals surface area contributed by atoms with Crippen LogP contribution in [0.25, 0.3) is 0 Å². The maximum absolute atomic E-state index is 12.0. The third-order valence-electron chi connectivity index (χ3n) is 3.92. The Morgan fingerprint density at radius 2 is 1.45 bits per heavy atom. The van der Waals surface area contributed by atoms with E-state index < -0.39 is 0 Å². The summed E-state index contributed by atoms with van der Waals surface area (Å²) in [6.45, 7) is 3.92. The molecule has 0 saturated carbocycles. The van der Waals surface area contributed by atoms with Crippen molar-refractivity contribution in [3.05, 3.63) is 93.0 Å². The highest BCUT2D eigenvalue weighted by Gasteiger charge is 2.07. The SMILES string of the molecule is CNc1cc(C)cc(Cl)c1.Cc1cc(Cl)cc(NC(=O)c2cccc(C=O)c2)c1. The Kier molecular flexibility index (Phi) is 8.25. The van der Waals surface area contributed by atoms with Crippen molar-refractivity contribution in [3.8, 4) is 0 Å². The molecule has 6 heteroatoms. The second-order valence-corrected chi connectivity index (χ2v) is 7.35. The normalized spacial score (nSPS) is 9.83. The monoisotopic (exact) mass is 428 g/mol. The Labute approximate surface area is 180 Å². The molecule has 0 fully saturated rings. The number of aldehydes is 1. The van der Waals surface area contributed by atoms with Crippen molar-refractivity contribution < 1.29 is 9.59 Å². The predicted molar refractivity (Wildman–Crippen MR) is 122 cm³/mol. The smallest absolute Gasteiger partial charge is 0.255 e. The van der Waals surface area contributed by atoms with Crippen LogP contribution in [0.5, 0.6) is 0 Å². The number of hydrogen-bond donors (Lipinski definition) is 2. The Morgan fingerprint density at radius 3 is 2.00 bits per heavy atom. The fraction of sp³-hybridized carbons (Fsp3) is 0.130. The molecule has 150 valence electrons. The third-order valence-corrected chi connectivity index (χ3v) is 4.35. The van der Waals surface area contributed by atoms with E-state index in [1.165, 1.54) is 5.56 Å². The number of aryl methyl sites for hydroxylation is 2. The summed E-state index contributed by atoms with van der Waals surface area (Å²) in [5, 5.41) is 7.12. The molecule has 0 atom stereocenters. The molecule has 0 radical (unpaired) electrons. The van der Waals surface area contributed by atoms with Crippen molar-refractivity contribution in [1.29, 1.82) is 0 Å². The lowest BCUT2D eigenvalue weighted by Gasteiger charge is -2.07. The molecule has 3 aromatic rings. The Morgan fingerprint density at radius 1 is 0.862 bits per heavy atom. The number of amides is 1. The Bertz CT molecular complexity index is 979. The molecule has 0 spiro atoms. The molecule has 0 saturated heterocycles. The first-order valence-electron chi connectivity index (χ1n) is 8.89. The van der Waals surface area contributed by atoms with E-state index in [0.717, 1.165) is 16.3 Å². The van der Waals surface area contributed by atoms with E-state index >= 15 is 0 Å². The summed E-state index contributed by atoms with van der Waals surface area (Å²) in [4.78, 5) is 22.7. The van der Waals surface area contributed by atoms with Gasteiger partial charge in [-0.1, -0.05) is 35.3 Å². The molecule has 0 aliphatic heterocycles. The summed E-state index contributed by atoms with van der Waals surface area (Å²) >= 11 is 11.7. The van der Waals surface area contributed by atoms with Crippen LogP contribution in [0.2, 0.25) is 10.0 Å². The number of anilines is 2. The van der Waals surface area contributed by atoms with Gasteiger partial charge in [0, 0.05) is 39.6 Å². The van der Waals surface area contributed by atoms with E-state index in [4.69, 9.17) is 23.2 Å². The zero-order valence-corrected chi connectivity index (χ0v) is 17.9. The molecule has 0 unspecified atom stereocenters. The standard InChI is InChI=1S/C15H12ClNO2.C8H10ClN/c1-10-5-13(16)8-14(6-10)17-15(19)12-4-2-3-11(7-12)9-18;1-6-3-7(9)5-8(4-6)10-2/h2-9H,1H3,(H,17,19);3-5,10H,1-2H3. The van der Waals surface area contributed by atoms with Gasteiger partial charge >= 0.3 is 0 Å². The number of carbonyl (C=O) groups is 2. The van der Waals surface area contributed by atoms with E-state index in [-0.39, 0.29) is 5.91 Å². The first-order chi connectivity index (χ1) is 13.8. The number of nitrogens with one attached hydrogen (secondary N) is 2. The van der Waals surface area contributed by atoms with Crippen molar-refractivity contribution >= 4 is 46.8 Å². The third kappa shape index (κ3) is 7.26. The van der Waals surface area contributed by atoms with Crippen molar-refractivity contribution in [2.75, 3.05) is 17.7 Å². The highest BCUT2D eigenvalue weighted by molar-refractivity contribution is 6.31. The van der Waals surface area contributed by atoms with Gasteiger partial charge < -0.3 is 10.6 Å². The van der Waals surface area contributed by atoms with Gasteiger partial charge in [0.25, 0.3) is 5.91 Å². The molecular weight excluding hydrogens is 407 g/mol. The number of hydrogen-bond acceptors (Lipinski definition) is 3. The zero-order chi connectivity index (χ0) is 21.4. The molecule has 3 rings (SSSR count). The van der Waals surface area contributed by atoms with Crippen LogP contribution in [0.15, 0.2) is 60.7 Å². The zero-order valence-electron chi connectivity index (χ0n) is 16.4. The summed E-state index contributed by atoms with van der Waals surface area (Å²) in [6.07, 6.45) is 0.709. The molecule has 0 aliphatic carbocycles. The molecule has 0 aliphatic rings. The highest BCUT2D eigenvalue weighted by Crippen LogP contribution is 2.19.